The Morgan fingerprint density at radius 2 is 1.35 bits per heavy atom. The minimum absolute atomic E-state index is 0.0236. The van der Waals surface area contributed by atoms with E-state index in [-0.39, 0.29) is 15.7 Å². The Morgan fingerprint density at radius 1 is 0.871 bits per heavy atom. The Kier molecular flexibility index (Phi) is 6.68. The van der Waals surface area contributed by atoms with Crippen molar-refractivity contribution in [3.05, 3.63) is 82.9 Å². The summed E-state index contributed by atoms with van der Waals surface area (Å²) in [4.78, 5) is 10.3. The summed E-state index contributed by atoms with van der Waals surface area (Å²) in [5, 5.41) is 16.8. The highest BCUT2D eigenvalue weighted by atomic mass is 32.2. The fourth-order valence-corrected chi connectivity index (χ4v) is 3.84. The quantitative estimate of drug-likeness (QED) is 0.273. The van der Waals surface area contributed by atoms with Crippen molar-refractivity contribution < 1.29 is 18.1 Å². The Hall–Kier alpha value is -3.70. The number of benzene rings is 3. The van der Waals surface area contributed by atoms with E-state index in [0.717, 1.165) is 0 Å². The van der Waals surface area contributed by atoms with Gasteiger partial charge in [-0.15, -0.1) is 0 Å². The second-order valence-corrected chi connectivity index (χ2v) is 8.33. The molecule has 0 heterocycles. The lowest BCUT2D eigenvalue weighted by Crippen LogP contribution is -2.19. The molecule has 0 aliphatic carbocycles. The number of non-ortho nitro benzene ring substituents is 1. The van der Waals surface area contributed by atoms with Gasteiger partial charge in [0.15, 0.2) is 5.11 Å². The molecule has 3 N–H and O–H groups in total. The molecule has 0 amide bonds. The third kappa shape index (κ3) is 5.90. The number of thiocarbonyl (C=S) groups is 1. The third-order valence-electron chi connectivity index (χ3n) is 4.10. The van der Waals surface area contributed by atoms with Crippen LogP contribution in [0.15, 0.2) is 77.7 Å². The maximum atomic E-state index is 12.6. The molecule has 0 unspecified atom stereocenters. The van der Waals surface area contributed by atoms with Crippen molar-refractivity contribution >= 4 is 50.1 Å². The van der Waals surface area contributed by atoms with Crippen molar-refractivity contribution in [3.8, 4) is 5.75 Å². The topological polar surface area (TPSA) is 123 Å². The van der Waals surface area contributed by atoms with Gasteiger partial charge in [0.25, 0.3) is 15.7 Å². The van der Waals surface area contributed by atoms with Crippen LogP contribution in [-0.4, -0.2) is 25.6 Å². The number of nitro groups is 1. The summed E-state index contributed by atoms with van der Waals surface area (Å²) in [6.07, 6.45) is 0. The smallest absolute Gasteiger partial charge is 0.269 e. The van der Waals surface area contributed by atoms with Crippen molar-refractivity contribution in [3.63, 3.8) is 0 Å². The van der Waals surface area contributed by atoms with Gasteiger partial charge in [-0.3, -0.25) is 14.8 Å². The van der Waals surface area contributed by atoms with E-state index in [1.54, 1.807) is 36.4 Å². The molecule has 31 heavy (non-hydrogen) atoms. The normalized spacial score (nSPS) is 10.7. The third-order valence-corrected chi connectivity index (χ3v) is 5.70. The van der Waals surface area contributed by atoms with Crippen LogP contribution in [0.3, 0.4) is 0 Å². The molecule has 0 aliphatic heterocycles. The van der Waals surface area contributed by atoms with Gasteiger partial charge in [0.2, 0.25) is 0 Å². The first-order valence-electron chi connectivity index (χ1n) is 8.86. The molecule has 3 rings (SSSR count). The lowest BCUT2D eigenvalue weighted by Gasteiger charge is -2.12. The van der Waals surface area contributed by atoms with Gasteiger partial charge in [0.1, 0.15) is 5.75 Å². The number of nitrogens with zero attached hydrogens (tertiary/aromatic N) is 1. The molecule has 3 aromatic rings. The molecule has 0 bridgehead atoms. The Labute approximate surface area is 184 Å². The first-order valence-corrected chi connectivity index (χ1v) is 10.8. The average molecular weight is 459 g/mol. The van der Waals surface area contributed by atoms with Crippen LogP contribution in [0.25, 0.3) is 0 Å². The molecule has 0 aromatic heterocycles. The summed E-state index contributed by atoms with van der Waals surface area (Å²) < 4.78 is 32.7. The predicted octanol–water partition coefficient (Wildman–Crippen LogP) is 4.21. The van der Waals surface area contributed by atoms with Crippen LogP contribution in [0.4, 0.5) is 22.7 Å². The Bertz CT molecular complexity index is 1180. The van der Waals surface area contributed by atoms with Gasteiger partial charge in [-0.25, -0.2) is 8.42 Å². The standard InChI is InChI=1S/C20H18N4O5S2/c1-29-18-10-4-16(5-11-18)23-31(27,28)19-12-6-15(7-13-19)22-20(30)21-14-2-8-17(9-3-14)24(25)26/h2-13,23H,1H3,(H2,21,22,30). The molecule has 0 radical (unpaired) electrons. The van der Waals surface area contributed by atoms with Crippen molar-refractivity contribution in [2.45, 2.75) is 4.90 Å². The Morgan fingerprint density at radius 3 is 1.84 bits per heavy atom. The fourth-order valence-electron chi connectivity index (χ4n) is 2.55. The number of sulfonamides is 1. The van der Waals surface area contributed by atoms with E-state index in [4.69, 9.17) is 17.0 Å². The van der Waals surface area contributed by atoms with Crippen LogP contribution in [-0.2, 0) is 10.0 Å². The van der Waals surface area contributed by atoms with Crippen LogP contribution in [0.2, 0.25) is 0 Å². The molecule has 11 heteroatoms. The second-order valence-electron chi connectivity index (χ2n) is 6.24. The molecular weight excluding hydrogens is 440 g/mol. The van der Waals surface area contributed by atoms with Crippen molar-refractivity contribution in [2.24, 2.45) is 0 Å². The van der Waals surface area contributed by atoms with Crippen LogP contribution in [0.5, 0.6) is 5.75 Å². The Balaban J connectivity index is 1.61. The lowest BCUT2D eigenvalue weighted by molar-refractivity contribution is -0.384. The van der Waals surface area contributed by atoms with E-state index in [9.17, 15) is 18.5 Å². The minimum atomic E-state index is -3.76. The SMILES string of the molecule is COc1ccc(NS(=O)(=O)c2ccc(NC(=S)Nc3ccc([N+](=O)[O-])cc3)cc2)cc1. The number of ether oxygens (including phenoxy) is 1. The summed E-state index contributed by atoms with van der Waals surface area (Å²) in [5.41, 5.74) is 1.54. The van der Waals surface area contributed by atoms with Crippen LogP contribution in [0.1, 0.15) is 0 Å². The molecule has 9 nitrogen and oxygen atoms in total. The summed E-state index contributed by atoms with van der Waals surface area (Å²) in [6.45, 7) is 0. The molecule has 0 atom stereocenters. The van der Waals surface area contributed by atoms with E-state index < -0.39 is 14.9 Å². The van der Waals surface area contributed by atoms with Crippen LogP contribution < -0.4 is 20.1 Å². The van der Waals surface area contributed by atoms with Gasteiger partial charge in [-0.05, 0) is 72.9 Å². The zero-order chi connectivity index (χ0) is 22.4. The molecule has 0 saturated carbocycles. The number of hydrogen-bond acceptors (Lipinski definition) is 6. The first kappa shape index (κ1) is 22.0. The predicted molar refractivity (Wildman–Crippen MR) is 123 cm³/mol. The van der Waals surface area contributed by atoms with Crippen molar-refractivity contribution in [2.75, 3.05) is 22.5 Å². The molecule has 0 aliphatic rings. The highest BCUT2D eigenvalue weighted by Crippen LogP contribution is 2.21. The maximum Gasteiger partial charge on any atom is 0.269 e. The van der Waals surface area contributed by atoms with E-state index in [1.165, 1.54) is 43.5 Å². The summed E-state index contributed by atoms with van der Waals surface area (Å²) in [5.74, 6) is 0.622. The van der Waals surface area contributed by atoms with Crippen LogP contribution in [0, 0.1) is 10.1 Å². The number of rotatable bonds is 7. The van der Waals surface area contributed by atoms with E-state index >= 15 is 0 Å². The zero-order valence-corrected chi connectivity index (χ0v) is 17.9. The van der Waals surface area contributed by atoms with Gasteiger partial charge in [0, 0.05) is 29.2 Å². The number of anilines is 3. The van der Waals surface area contributed by atoms with E-state index in [1.807, 2.05) is 0 Å². The maximum absolute atomic E-state index is 12.6. The number of nitrogens with one attached hydrogen (secondary N) is 3. The minimum Gasteiger partial charge on any atom is -0.497 e. The number of nitro benzene ring substituents is 1. The first-order chi connectivity index (χ1) is 14.8. The highest BCUT2D eigenvalue weighted by molar-refractivity contribution is 7.92. The van der Waals surface area contributed by atoms with E-state index in [2.05, 4.69) is 15.4 Å². The molecule has 160 valence electrons. The zero-order valence-electron chi connectivity index (χ0n) is 16.2. The largest absolute Gasteiger partial charge is 0.497 e. The van der Waals surface area contributed by atoms with Gasteiger partial charge < -0.3 is 15.4 Å². The fraction of sp³-hybridized carbons (Fsp3) is 0.0500. The molecule has 0 fully saturated rings. The monoisotopic (exact) mass is 458 g/mol. The number of methoxy groups -OCH3 is 1. The van der Waals surface area contributed by atoms with E-state index in [0.29, 0.717) is 22.8 Å². The van der Waals surface area contributed by atoms with Gasteiger partial charge in [-0.1, -0.05) is 0 Å². The summed E-state index contributed by atoms with van der Waals surface area (Å²) in [7, 11) is -2.23. The molecular formula is C20H18N4O5S2. The second kappa shape index (κ2) is 9.41. The molecule has 0 saturated heterocycles. The van der Waals surface area contributed by atoms with Gasteiger partial charge in [-0.2, -0.15) is 0 Å². The van der Waals surface area contributed by atoms with Gasteiger partial charge in [0.05, 0.1) is 16.9 Å². The molecule has 3 aromatic carbocycles. The van der Waals surface area contributed by atoms with Crippen molar-refractivity contribution in [1.82, 2.24) is 0 Å². The van der Waals surface area contributed by atoms with Crippen LogP contribution >= 0.6 is 12.2 Å². The lowest BCUT2D eigenvalue weighted by atomic mass is 10.3. The highest BCUT2D eigenvalue weighted by Gasteiger charge is 2.14. The number of hydrogen-bond donors (Lipinski definition) is 3. The summed E-state index contributed by atoms with van der Waals surface area (Å²) in [6, 6.07) is 18.4. The summed E-state index contributed by atoms with van der Waals surface area (Å²) >= 11 is 5.22. The van der Waals surface area contributed by atoms with Gasteiger partial charge >= 0.3 is 0 Å². The molecule has 0 spiro atoms. The average Bonchev–Trinajstić information content (AvgIpc) is 2.74. The van der Waals surface area contributed by atoms with Crippen molar-refractivity contribution in [1.29, 1.82) is 0 Å².